The van der Waals surface area contributed by atoms with E-state index < -0.39 is 21.9 Å². The lowest BCUT2D eigenvalue weighted by Gasteiger charge is -2.10. The topological polar surface area (TPSA) is 130 Å². The van der Waals surface area contributed by atoms with Gasteiger partial charge in [-0.3, -0.25) is 14.3 Å². The lowest BCUT2D eigenvalue weighted by Crippen LogP contribution is -2.30. The number of aromatic nitrogens is 2. The number of carboxylic acid groups (broad SMARTS) is 1. The van der Waals surface area contributed by atoms with Crippen molar-refractivity contribution in [1.29, 1.82) is 0 Å². The maximum absolute atomic E-state index is 12.3. The summed E-state index contributed by atoms with van der Waals surface area (Å²) in [5.41, 5.74) is 0.138. The zero-order valence-electron chi connectivity index (χ0n) is 13.6. The molecule has 0 saturated heterocycles. The number of carboxylic acids is 1. The lowest BCUT2D eigenvalue weighted by atomic mass is 10.2. The molecule has 1 heterocycles. The number of nitrogens with zero attached hydrogens (tertiary/aromatic N) is 2. The molecule has 0 saturated carbocycles. The number of anilines is 1. The number of carbonyl (C=O) groups is 2. The van der Waals surface area contributed by atoms with Crippen LogP contribution in [0, 0.1) is 0 Å². The fourth-order valence-electron chi connectivity index (χ4n) is 2.03. The summed E-state index contributed by atoms with van der Waals surface area (Å²) in [5, 5.41) is 15.1. The summed E-state index contributed by atoms with van der Waals surface area (Å²) in [4.78, 5) is 22.9. The number of rotatable bonds is 7. The Labute approximate surface area is 144 Å². The number of benzene rings is 1. The van der Waals surface area contributed by atoms with Gasteiger partial charge in [0, 0.05) is 23.9 Å². The van der Waals surface area contributed by atoms with Crippen LogP contribution in [-0.2, 0) is 21.4 Å². The van der Waals surface area contributed by atoms with Gasteiger partial charge in [0.05, 0.1) is 4.90 Å². The van der Waals surface area contributed by atoms with E-state index in [9.17, 15) is 18.0 Å². The Morgan fingerprint density at radius 2 is 2.00 bits per heavy atom. The van der Waals surface area contributed by atoms with Crippen LogP contribution in [0.1, 0.15) is 24.2 Å². The van der Waals surface area contributed by atoms with Crippen molar-refractivity contribution in [3.05, 3.63) is 42.1 Å². The normalized spacial score (nSPS) is 11.5. The number of sulfonamides is 1. The minimum Gasteiger partial charge on any atom is -0.480 e. The summed E-state index contributed by atoms with van der Waals surface area (Å²) in [5.74, 6) is -1.45. The van der Waals surface area contributed by atoms with Crippen molar-refractivity contribution in [3.8, 4) is 0 Å². The third-order valence-electron chi connectivity index (χ3n) is 2.98. The molecule has 0 fully saturated rings. The highest BCUT2D eigenvalue weighted by Crippen LogP contribution is 2.14. The van der Waals surface area contributed by atoms with Gasteiger partial charge in [-0.2, -0.15) is 5.10 Å². The Hall–Kier alpha value is -2.72. The minimum atomic E-state index is -3.71. The first kappa shape index (κ1) is 18.6. The maximum atomic E-state index is 12.3. The molecule has 0 bridgehead atoms. The molecule has 9 nitrogen and oxygen atoms in total. The van der Waals surface area contributed by atoms with Gasteiger partial charge >= 0.3 is 5.97 Å². The maximum Gasteiger partial charge on any atom is 0.325 e. The summed E-state index contributed by atoms with van der Waals surface area (Å²) in [6, 6.07) is 6.75. The number of hydrogen-bond acceptors (Lipinski definition) is 5. The summed E-state index contributed by atoms with van der Waals surface area (Å²) in [7, 11) is -3.71. The zero-order chi connectivity index (χ0) is 18.6. The Balaban J connectivity index is 2.16. The summed E-state index contributed by atoms with van der Waals surface area (Å²) >= 11 is 0. The van der Waals surface area contributed by atoms with Gasteiger partial charge in [0.15, 0.2) is 5.82 Å². The molecule has 3 N–H and O–H groups in total. The molecule has 1 amide bonds. The van der Waals surface area contributed by atoms with E-state index in [-0.39, 0.29) is 28.9 Å². The fourth-order valence-corrected chi connectivity index (χ4v) is 3.32. The molecule has 2 rings (SSSR count). The summed E-state index contributed by atoms with van der Waals surface area (Å²) in [6.07, 6.45) is 1.41. The van der Waals surface area contributed by atoms with E-state index >= 15 is 0 Å². The van der Waals surface area contributed by atoms with Gasteiger partial charge in [-0.25, -0.2) is 13.1 Å². The molecule has 1 aromatic carbocycles. The second-order valence-electron chi connectivity index (χ2n) is 5.55. The third kappa shape index (κ3) is 5.13. The van der Waals surface area contributed by atoms with E-state index in [0.717, 1.165) is 4.68 Å². The van der Waals surface area contributed by atoms with Crippen LogP contribution in [0.15, 0.2) is 41.4 Å². The first-order valence-electron chi connectivity index (χ1n) is 7.36. The van der Waals surface area contributed by atoms with Crippen LogP contribution in [-0.4, -0.2) is 41.2 Å². The molecule has 0 spiro atoms. The second-order valence-corrected chi connectivity index (χ2v) is 7.26. The van der Waals surface area contributed by atoms with Crippen LogP contribution in [0.25, 0.3) is 0 Å². The van der Waals surface area contributed by atoms with Crippen molar-refractivity contribution in [2.45, 2.75) is 31.3 Å². The van der Waals surface area contributed by atoms with E-state index in [4.69, 9.17) is 5.11 Å². The van der Waals surface area contributed by atoms with Crippen molar-refractivity contribution in [3.63, 3.8) is 0 Å². The molecule has 134 valence electrons. The number of nitrogens with one attached hydrogen (secondary N) is 2. The van der Waals surface area contributed by atoms with Gasteiger partial charge in [-0.05, 0) is 32.0 Å². The number of amides is 1. The molecular weight excluding hydrogens is 348 g/mol. The Bertz CT molecular complexity index is 889. The molecule has 2 aromatic rings. The van der Waals surface area contributed by atoms with Crippen LogP contribution >= 0.6 is 0 Å². The molecule has 10 heteroatoms. The largest absolute Gasteiger partial charge is 0.480 e. The number of carbonyl (C=O) groups excluding carboxylic acids is 1. The predicted octanol–water partition coefficient (Wildman–Crippen LogP) is 0.907. The quantitative estimate of drug-likeness (QED) is 0.667. The van der Waals surface area contributed by atoms with Crippen molar-refractivity contribution in [2.75, 3.05) is 5.32 Å². The van der Waals surface area contributed by atoms with Crippen LogP contribution < -0.4 is 10.0 Å². The smallest absolute Gasteiger partial charge is 0.325 e. The average Bonchev–Trinajstić information content (AvgIpc) is 2.92. The molecule has 1 aromatic heterocycles. The van der Waals surface area contributed by atoms with Crippen LogP contribution in [0.5, 0.6) is 0 Å². The van der Waals surface area contributed by atoms with Gasteiger partial charge in [-0.1, -0.05) is 6.07 Å². The Morgan fingerprint density at radius 3 is 2.64 bits per heavy atom. The monoisotopic (exact) mass is 366 g/mol. The highest BCUT2D eigenvalue weighted by atomic mass is 32.2. The SMILES string of the molecule is CC(C)NS(=O)(=O)c1cccc(C(=O)Nc2ccn(CC(=O)O)n2)c1. The fraction of sp³-hybridized carbons (Fsp3) is 0.267. The van der Waals surface area contributed by atoms with E-state index in [1.165, 1.54) is 36.5 Å². The van der Waals surface area contributed by atoms with Crippen LogP contribution in [0.3, 0.4) is 0 Å². The second kappa shape index (κ2) is 7.45. The van der Waals surface area contributed by atoms with Gasteiger partial charge in [0.1, 0.15) is 6.54 Å². The van der Waals surface area contributed by atoms with Gasteiger partial charge in [-0.15, -0.1) is 0 Å². The van der Waals surface area contributed by atoms with Crippen LogP contribution in [0.2, 0.25) is 0 Å². The van der Waals surface area contributed by atoms with Crippen molar-refractivity contribution in [1.82, 2.24) is 14.5 Å². The first-order chi connectivity index (χ1) is 11.7. The molecule has 0 aliphatic heterocycles. The van der Waals surface area contributed by atoms with Crippen LogP contribution in [0.4, 0.5) is 5.82 Å². The highest BCUT2D eigenvalue weighted by molar-refractivity contribution is 7.89. The van der Waals surface area contributed by atoms with E-state index in [1.54, 1.807) is 13.8 Å². The summed E-state index contributed by atoms with van der Waals surface area (Å²) < 4.78 is 27.9. The van der Waals surface area contributed by atoms with Gasteiger partial charge < -0.3 is 10.4 Å². The number of aliphatic carboxylic acids is 1. The van der Waals surface area contributed by atoms with Gasteiger partial charge in [0.2, 0.25) is 10.0 Å². The third-order valence-corrected chi connectivity index (χ3v) is 4.63. The Morgan fingerprint density at radius 1 is 1.28 bits per heavy atom. The highest BCUT2D eigenvalue weighted by Gasteiger charge is 2.17. The van der Waals surface area contributed by atoms with Crippen molar-refractivity contribution in [2.24, 2.45) is 0 Å². The average molecular weight is 366 g/mol. The molecule has 0 atom stereocenters. The molecule has 25 heavy (non-hydrogen) atoms. The van der Waals surface area contributed by atoms with Crippen molar-refractivity contribution >= 4 is 27.7 Å². The zero-order valence-corrected chi connectivity index (χ0v) is 14.4. The number of hydrogen-bond donors (Lipinski definition) is 3. The van der Waals surface area contributed by atoms with E-state index in [1.807, 2.05) is 0 Å². The standard InChI is InChI=1S/C15H18N4O5S/c1-10(2)18-25(23,24)12-5-3-4-11(8-12)15(22)16-13-6-7-19(17-13)9-14(20)21/h3-8,10,18H,9H2,1-2H3,(H,20,21)(H,16,17,22). The summed E-state index contributed by atoms with van der Waals surface area (Å²) in [6.45, 7) is 3.06. The predicted molar refractivity (Wildman–Crippen MR) is 89.7 cm³/mol. The van der Waals surface area contributed by atoms with E-state index in [0.29, 0.717) is 0 Å². The Kier molecular flexibility index (Phi) is 5.55. The molecular formula is C15H18N4O5S. The van der Waals surface area contributed by atoms with E-state index in [2.05, 4.69) is 15.1 Å². The molecule has 0 radical (unpaired) electrons. The lowest BCUT2D eigenvalue weighted by molar-refractivity contribution is -0.137. The molecule has 0 unspecified atom stereocenters. The van der Waals surface area contributed by atoms with Crippen molar-refractivity contribution < 1.29 is 23.1 Å². The minimum absolute atomic E-state index is 0.0229. The molecule has 0 aliphatic rings. The first-order valence-corrected chi connectivity index (χ1v) is 8.84. The van der Waals surface area contributed by atoms with Gasteiger partial charge in [0.25, 0.3) is 5.91 Å². The molecule has 0 aliphatic carbocycles.